The summed E-state index contributed by atoms with van der Waals surface area (Å²) >= 11 is 9.27. The standard InChI is InChI=1S/C13H16ClN3O2S2/c1-4-17-9(12(14)8(3)16-17)6-20-13-15-7(2)10(21-13)5-11(18)19/h4-6H2,1-3H3,(H,18,19). The van der Waals surface area contributed by atoms with Crippen LogP contribution in [0.4, 0.5) is 0 Å². The minimum absolute atomic E-state index is 0.0246. The molecule has 0 fully saturated rings. The lowest BCUT2D eigenvalue weighted by Gasteiger charge is -2.03. The highest BCUT2D eigenvalue weighted by molar-refractivity contribution is 8.00. The Morgan fingerprint density at radius 1 is 1.43 bits per heavy atom. The van der Waals surface area contributed by atoms with E-state index in [1.807, 2.05) is 25.5 Å². The van der Waals surface area contributed by atoms with Crippen molar-refractivity contribution in [2.75, 3.05) is 0 Å². The molecule has 0 spiro atoms. The van der Waals surface area contributed by atoms with Crippen LogP contribution in [0.25, 0.3) is 0 Å². The number of carboxylic acids is 1. The summed E-state index contributed by atoms with van der Waals surface area (Å²) in [5.74, 6) is -0.159. The molecule has 0 radical (unpaired) electrons. The zero-order valence-corrected chi connectivity index (χ0v) is 14.4. The number of rotatable bonds is 6. The van der Waals surface area contributed by atoms with E-state index in [0.29, 0.717) is 10.8 Å². The van der Waals surface area contributed by atoms with E-state index < -0.39 is 5.97 Å². The quantitative estimate of drug-likeness (QED) is 0.811. The summed E-state index contributed by atoms with van der Waals surface area (Å²) in [7, 11) is 0. The molecule has 21 heavy (non-hydrogen) atoms. The second kappa shape index (κ2) is 6.81. The summed E-state index contributed by atoms with van der Waals surface area (Å²) < 4.78 is 2.75. The number of hydrogen-bond acceptors (Lipinski definition) is 5. The van der Waals surface area contributed by atoms with Crippen LogP contribution in [-0.4, -0.2) is 25.8 Å². The Bertz CT molecular complexity index is 667. The lowest BCUT2D eigenvalue weighted by atomic mass is 10.3. The third-order valence-corrected chi connectivity index (χ3v) is 5.77. The van der Waals surface area contributed by atoms with Crippen LogP contribution >= 0.6 is 34.7 Å². The minimum Gasteiger partial charge on any atom is -0.481 e. The van der Waals surface area contributed by atoms with Crippen molar-refractivity contribution in [1.29, 1.82) is 0 Å². The summed E-state index contributed by atoms with van der Waals surface area (Å²) in [6.07, 6.45) is 0.0246. The van der Waals surface area contributed by atoms with Crippen LogP contribution in [0.1, 0.15) is 28.9 Å². The van der Waals surface area contributed by atoms with Crippen LogP contribution < -0.4 is 0 Å². The van der Waals surface area contributed by atoms with Crippen molar-refractivity contribution in [2.45, 2.75) is 43.8 Å². The zero-order chi connectivity index (χ0) is 15.6. The normalized spacial score (nSPS) is 11.0. The fraction of sp³-hybridized carbons (Fsp3) is 0.462. The Morgan fingerprint density at radius 2 is 2.14 bits per heavy atom. The summed E-state index contributed by atoms with van der Waals surface area (Å²) in [6, 6.07) is 0. The maximum Gasteiger partial charge on any atom is 0.308 e. The predicted octanol–water partition coefficient (Wildman–Crippen LogP) is 3.55. The number of thioether (sulfide) groups is 1. The Kier molecular flexibility index (Phi) is 5.29. The van der Waals surface area contributed by atoms with E-state index in [1.165, 1.54) is 11.3 Å². The first kappa shape index (κ1) is 16.3. The monoisotopic (exact) mass is 345 g/mol. The molecule has 2 aromatic heterocycles. The lowest BCUT2D eigenvalue weighted by molar-refractivity contribution is -0.136. The number of aromatic nitrogens is 3. The van der Waals surface area contributed by atoms with Gasteiger partial charge in [-0.25, -0.2) is 4.98 Å². The van der Waals surface area contributed by atoms with Crippen LogP contribution in [-0.2, 0) is 23.5 Å². The molecule has 0 saturated heterocycles. The molecular weight excluding hydrogens is 330 g/mol. The number of nitrogens with zero attached hydrogens (tertiary/aromatic N) is 3. The topological polar surface area (TPSA) is 68.0 Å². The summed E-state index contributed by atoms with van der Waals surface area (Å²) in [4.78, 5) is 16.0. The lowest BCUT2D eigenvalue weighted by Crippen LogP contribution is -2.01. The number of aliphatic carboxylic acids is 1. The fourth-order valence-corrected chi connectivity index (χ4v) is 4.43. The molecule has 5 nitrogen and oxygen atoms in total. The van der Waals surface area contributed by atoms with Crippen LogP contribution in [0.5, 0.6) is 0 Å². The van der Waals surface area contributed by atoms with E-state index in [9.17, 15) is 4.79 Å². The first-order valence-corrected chi connectivity index (χ1v) is 8.63. The van der Waals surface area contributed by atoms with Crippen LogP contribution in [0.15, 0.2) is 4.34 Å². The van der Waals surface area contributed by atoms with Crippen LogP contribution in [0.3, 0.4) is 0 Å². The molecule has 114 valence electrons. The van der Waals surface area contributed by atoms with Crippen molar-refractivity contribution in [3.63, 3.8) is 0 Å². The van der Waals surface area contributed by atoms with Crippen molar-refractivity contribution in [3.05, 3.63) is 27.0 Å². The largest absolute Gasteiger partial charge is 0.481 e. The average Bonchev–Trinajstić information content (AvgIpc) is 2.89. The Morgan fingerprint density at radius 3 is 2.76 bits per heavy atom. The van der Waals surface area contributed by atoms with Gasteiger partial charge in [0.1, 0.15) is 0 Å². The van der Waals surface area contributed by atoms with Gasteiger partial charge in [0.2, 0.25) is 0 Å². The number of carbonyl (C=O) groups is 1. The van der Waals surface area contributed by atoms with Gasteiger partial charge in [0.25, 0.3) is 0 Å². The third-order valence-electron chi connectivity index (χ3n) is 2.97. The zero-order valence-electron chi connectivity index (χ0n) is 12.0. The maximum absolute atomic E-state index is 10.8. The molecule has 0 bridgehead atoms. The van der Waals surface area contributed by atoms with Gasteiger partial charge >= 0.3 is 5.97 Å². The molecule has 0 aliphatic carbocycles. The van der Waals surface area contributed by atoms with Gasteiger partial charge in [-0.3, -0.25) is 9.48 Å². The van der Waals surface area contributed by atoms with E-state index in [0.717, 1.165) is 32.8 Å². The smallest absolute Gasteiger partial charge is 0.308 e. The van der Waals surface area contributed by atoms with Crippen molar-refractivity contribution in [3.8, 4) is 0 Å². The fourth-order valence-electron chi connectivity index (χ4n) is 1.90. The van der Waals surface area contributed by atoms with Gasteiger partial charge in [-0.1, -0.05) is 23.4 Å². The molecule has 8 heteroatoms. The number of aryl methyl sites for hydroxylation is 3. The molecule has 2 heterocycles. The molecule has 1 N–H and O–H groups in total. The number of thiazole rings is 1. The number of halogens is 1. The highest BCUT2D eigenvalue weighted by atomic mass is 35.5. The first-order valence-electron chi connectivity index (χ1n) is 6.45. The summed E-state index contributed by atoms with van der Waals surface area (Å²) in [5.41, 5.74) is 2.60. The van der Waals surface area contributed by atoms with Crippen molar-refractivity contribution in [2.24, 2.45) is 0 Å². The van der Waals surface area contributed by atoms with E-state index in [1.54, 1.807) is 11.8 Å². The highest BCUT2D eigenvalue weighted by Gasteiger charge is 2.15. The molecule has 0 aromatic carbocycles. The third kappa shape index (κ3) is 3.78. The predicted molar refractivity (Wildman–Crippen MR) is 85.4 cm³/mol. The number of hydrogen-bond donors (Lipinski definition) is 1. The van der Waals surface area contributed by atoms with Crippen LogP contribution in [0.2, 0.25) is 5.02 Å². The highest BCUT2D eigenvalue weighted by Crippen LogP contribution is 2.32. The van der Waals surface area contributed by atoms with Crippen molar-refractivity contribution >= 4 is 40.7 Å². The van der Waals surface area contributed by atoms with Crippen LogP contribution in [0, 0.1) is 13.8 Å². The minimum atomic E-state index is -0.832. The first-order chi connectivity index (χ1) is 9.92. The molecule has 0 aliphatic heterocycles. The van der Waals surface area contributed by atoms with E-state index in [4.69, 9.17) is 16.7 Å². The molecule has 2 aromatic rings. The Labute approximate surface area is 136 Å². The summed E-state index contributed by atoms with van der Waals surface area (Å²) in [6.45, 7) is 6.52. The van der Waals surface area contributed by atoms with E-state index >= 15 is 0 Å². The Balaban J connectivity index is 2.12. The van der Waals surface area contributed by atoms with Crippen molar-refractivity contribution in [1.82, 2.24) is 14.8 Å². The van der Waals surface area contributed by atoms with E-state index in [2.05, 4.69) is 10.1 Å². The van der Waals surface area contributed by atoms with Gasteiger partial charge in [0.05, 0.1) is 28.5 Å². The molecule has 0 amide bonds. The van der Waals surface area contributed by atoms with Gasteiger partial charge in [-0.05, 0) is 20.8 Å². The summed E-state index contributed by atoms with van der Waals surface area (Å²) in [5, 5.41) is 13.9. The Hall–Kier alpha value is -1.05. The number of carboxylic acid groups (broad SMARTS) is 1. The second-order valence-electron chi connectivity index (χ2n) is 4.51. The van der Waals surface area contributed by atoms with Gasteiger partial charge < -0.3 is 5.11 Å². The van der Waals surface area contributed by atoms with Gasteiger partial charge in [-0.15, -0.1) is 11.3 Å². The van der Waals surface area contributed by atoms with Gasteiger partial charge in [0, 0.05) is 17.2 Å². The molecule has 0 saturated carbocycles. The maximum atomic E-state index is 10.8. The van der Waals surface area contributed by atoms with Gasteiger partial charge in [-0.2, -0.15) is 5.10 Å². The molecular formula is C13H16ClN3O2S2. The second-order valence-corrected chi connectivity index (χ2v) is 7.19. The average molecular weight is 346 g/mol. The molecule has 0 unspecified atom stereocenters. The van der Waals surface area contributed by atoms with Gasteiger partial charge in [0.15, 0.2) is 4.34 Å². The molecule has 0 atom stereocenters. The molecule has 0 aliphatic rings. The van der Waals surface area contributed by atoms with Crippen molar-refractivity contribution < 1.29 is 9.90 Å². The van der Waals surface area contributed by atoms with E-state index in [-0.39, 0.29) is 6.42 Å². The molecule has 2 rings (SSSR count). The SMILES string of the molecule is CCn1nc(C)c(Cl)c1CSc1nc(C)c(CC(=O)O)s1.